The highest BCUT2D eigenvalue weighted by Crippen LogP contribution is 2.49. The Kier molecular flexibility index (Phi) is 7.57. The van der Waals surface area contributed by atoms with Crippen molar-refractivity contribution in [2.45, 2.75) is 25.4 Å². The summed E-state index contributed by atoms with van der Waals surface area (Å²) in [5, 5.41) is 6.77. The van der Waals surface area contributed by atoms with E-state index in [1.807, 2.05) is 30.3 Å². The Morgan fingerprint density at radius 2 is 1.77 bits per heavy atom. The topological polar surface area (TPSA) is 90.7 Å². The van der Waals surface area contributed by atoms with Crippen LogP contribution in [0.25, 0.3) is 11.3 Å². The number of carbonyl (C=O) groups is 1. The molecule has 3 rings (SSSR count). The van der Waals surface area contributed by atoms with Crippen molar-refractivity contribution in [1.29, 1.82) is 0 Å². The normalized spacial score (nSPS) is 11.4. The Bertz CT molecular complexity index is 994. The molecule has 0 saturated heterocycles. The van der Waals surface area contributed by atoms with Gasteiger partial charge in [0.05, 0.1) is 12.4 Å². The van der Waals surface area contributed by atoms with Gasteiger partial charge < -0.3 is 18.9 Å². The predicted molar refractivity (Wildman–Crippen MR) is 115 cm³/mol. The average Bonchev–Trinajstić information content (AvgIpc) is 3.24. The third kappa shape index (κ3) is 5.89. The largest absolute Gasteiger partial charge is 0.356 e. The van der Waals surface area contributed by atoms with Crippen LogP contribution in [0.3, 0.4) is 0 Å². The summed E-state index contributed by atoms with van der Waals surface area (Å²) in [6.07, 6.45) is 3.64. The zero-order chi connectivity index (χ0) is 21.4. The number of amides is 1. The van der Waals surface area contributed by atoms with Crippen molar-refractivity contribution in [3.05, 3.63) is 71.9 Å². The number of aryl methyl sites for hydroxylation is 1. The van der Waals surface area contributed by atoms with E-state index in [2.05, 4.69) is 10.5 Å². The lowest BCUT2D eigenvalue weighted by Crippen LogP contribution is -2.11. The molecule has 2 aromatic carbocycles. The highest BCUT2D eigenvalue weighted by Gasteiger charge is 2.21. The quantitative estimate of drug-likeness (QED) is 0.441. The molecule has 30 heavy (non-hydrogen) atoms. The van der Waals surface area contributed by atoms with E-state index < -0.39 is 7.60 Å². The van der Waals surface area contributed by atoms with Crippen molar-refractivity contribution < 1.29 is 22.9 Å². The number of rotatable bonds is 10. The van der Waals surface area contributed by atoms with Gasteiger partial charge in [-0.15, -0.1) is 0 Å². The van der Waals surface area contributed by atoms with E-state index in [0.717, 1.165) is 22.5 Å². The number of aromatic nitrogens is 1. The Balaban J connectivity index is 1.49. The van der Waals surface area contributed by atoms with Crippen molar-refractivity contribution in [3.8, 4) is 11.3 Å². The lowest BCUT2D eigenvalue weighted by molar-refractivity contribution is -0.116. The average molecular weight is 428 g/mol. The monoisotopic (exact) mass is 428 g/mol. The van der Waals surface area contributed by atoms with Gasteiger partial charge in [-0.3, -0.25) is 9.36 Å². The summed E-state index contributed by atoms with van der Waals surface area (Å²) in [6, 6.07) is 16.9. The lowest BCUT2D eigenvalue weighted by Gasteiger charge is -2.13. The molecule has 1 aromatic heterocycles. The molecule has 0 atom stereocenters. The molecule has 0 fully saturated rings. The zero-order valence-electron chi connectivity index (χ0n) is 17.0. The molecule has 1 N–H and O–H groups in total. The summed E-state index contributed by atoms with van der Waals surface area (Å²) in [5.41, 5.74) is 3.45. The second kappa shape index (κ2) is 10.3. The van der Waals surface area contributed by atoms with Crippen LogP contribution in [-0.4, -0.2) is 25.3 Å². The highest BCUT2D eigenvalue weighted by molar-refractivity contribution is 7.52. The Labute approximate surface area is 175 Å². The first kappa shape index (κ1) is 22.0. The van der Waals surface area contributed by atoms with Crippen LogP contribution in [0.4, 0.5) is 5.69 Å². The smallest absolute Gasteiger partial charge is 0.334 e. The van der Waals surface area contributed by atoms with E-state index in [9.17, 15) is 9.36 Å². The first-order valence-electron chi connectivity index (χ1n) is 9.61. The Morgan fingerprint density at radius 3 is 2.43 bits per heavy atom. The minimum atomic E-state index is -3.11. The molecule has 0 saturated carbocycles. The van der Waals surface area contributed by atoms with Crippen LogP contribution < -0.4 is 5.32 Å². The maximum Gasteiger partial charge on any atom is 0.334 e. The summed E-state index contributed by atoms with van der Waals surface area (Å²) >= 11 is 0. The van der Waals surface area contributed by atoms with Gasteiger partial charge in [0.1, 0.15) is 0 Å². The van der Waals surface area contributed by atoms with Gasteiger partial charge in [0.25, 0.3) is 0 Å². The molecule has 0 bridgehead atoms. The summed E-state index contributed by atoms with van der Waals surface area (Å²) in [4.78, 5) is 12.3. The molecule has 0 aliphatic rings. The second-order valence-corrected chi connectivity index (χ2v) is 9.05. The number of anilines is 1. The third-order valence-corrected chi connectivity index (χ3v) is 6.57. The van der Waals surface area contributed by atoms with E-state index >= 15 is 0 Å². The fourth-order valence-corrected chi connectivity index (χ4v) is 4.11. The SMILES string of the molecule is COP(=O)(Cc1ccc(NC(=O)CCCc2cnoc2-c2ccccc2)cc1)OC. The van der Waals surface area contributed by atoms with Crippen molar-refractivity contribution in [2.75, 3.05) is 19.5 Å². The summed E-state index contributed by atoms with van der Waals surface area (Å²) in [6.45, 7) is 0. The third-order valence-electron chi connectivity index (χ3n) is 4.70. The fraction of sp³-hybridized carbons (Fsp3) is 0.273. The standard InChI is InChI=1S/C22H25N2O5P/c1-27-30(26,28-2)16-17-11-13-20(14-12-17)24-21(25)10-6-9-19-15-23-29-22(19)18-7-4-3-5-8-18/h3-5,7-8,11-15H,6,9-10,16H2,1-2H3,(H,24,25). The van der Waals surface area contributed by atoms with Crippen LogP contribution in [0.15, 0.2) is 65.3 Å². The van der Waals surface area contributed by atoms with Crippen LogP contribution in [0.1, 0.15) is 24.0 Å². The van der Waals surface area contributed by atoms with Gasteiger partial charge in [-0.1, -0.05) is 47.6 Å². The van der Waals surface area contributed by atoms with Gasteiger partial charge in [0.15, 0.2) is 5.76 Å². The van der Waals surface area contributed by atoms with E-state index in [1.54, 1.807) is 30.5 Å². The fourth-order valence-electron chi connectivity index (χ4n) is 3.05. The molecule has 3 aromatic rings. The van der Waals surface area contributed by atoms with E-state index in [0.29, 0.717) is 24.9 Å². The highest BCUT2D eigenvalue weighted by atomic mass is 31.2. The van der Waals surface area contributed by atoms with Crippen molar-refractivity contribution in [3.63, 3.8) is 0 Å². The van der Waals surface area contributed by atoms with Crippen molar-refractivity contribution in [2.24, 2.45) is 0 Å². The molecule has 0 unspecified atom stereocenters. The first-order chi connectivity index (χ1) is 14.5. The summed E-state index contributed by atoms with van der Waals surface area (Å²) in [5.74, 6) is 0.677. The van der Waals surface area contributed by atoms with Crippen molar-refractivity contribution in [1.82, 2.24) is 5.16 Å². The zero-order valence-corrected chi connectivity index (χ0v) is 17.9. The molecule has 7 nitrogen and oxygen atoms in total. The van der Waals surface area contributed by atoms with Crippen LogP contribution >= 0.6 is 7.60 Å². The molecule has 158 valence electrons. The van der Waals surface area contributed by atoms with E-state index in [-0.39, 0.29) is 12.1 Å². The van der Waals surface area contributed by atoms with Gasteiger partial charge in [-0.25, -0.2) is 0 Å². The summed E-state index contributed by atoms with van der Waals surface area (Å²) < 4.78 is 27.5. The van der Waals surface area contributed by atoms with Gasteiger partial charge in [-0.05, 0) is 30.5 Å². The number of hydrogen-bond acceptors (Lipinski definition) is 6. The minimum absolute atomic E-state index is 0.0695. The molecule has 0 aliphatic heterocycles. The Hall–Kier alpha value is -2.73. The van der Waals surface area contributed by atoms with Gasteiger partial charge in [0, 0.05) is 37.5 Å². The van der Waals surface area contributed by atoms with Crippen LogP contribution in [0.5, 0.6) is 0 Å². The molecule has 0 aliphatic carbocycles. The molecule has 8 heteroatoms. The number of benzene rings is 2. The molecule has 0 radical (unpaired) electrons. The van der Waals surface area contributed by atoms with Crippen LogP contribution in [0, 0.1) is 0 Å². The predicted octanol–water partition coefficient (Wildman–Crippen LogP) is 5.29. The number of nitrogens with one attached hydrogen (secondary N) is 1. The van der Waals surface area contributed by atoms with Crippen molar-refractivity contribution >= 4 is 19.2 Å². The van der Waals surface area contributed by atoms with Gasteiger partial charge in [-0.2, -0.15) is 0 Å². The van der Waals surface area contributed by atoms with E-state index in [1.165, 1.54) is 14.2 Å². The Morgan fingerprint density at radius 1 is 1.07 bits per heavy atom. The van der Waals surface area contributed by atoms with E-state index in [4.69, 9.17) is 13.6 Å². The first-order valence-corrected chi connectivity index (χ1v) is 11.3. The maximum atomic E-state index is 12.3. The lowest BCUT2D eigenvalue weighted by atomic mass is 10.0. The maximum absolute atomic E-state index is 12.3. The molecular formula is C22H25N2O5P. The second-order valence-electron chi connectivity index (χ2n) is 6.78. The molecule has 1 heterocycles. The van der Waals surface area contributed by atoms with Crippen LogP contribution in [0.2, 0.25) is 0 Å². The summed E-state index contributed by atoms with van der Waals surface area (Å²) in [7, 11) is -0.386. The minimum Gasteiger partial charge on any atom is -0.356 e. The number of carbonyl (C=O) groups excluding carboxylic acids is 1. The molecule has 0 spiro atoms. The number of nitrogens with zero attached hydrogens (tertiary/aromatic N) is 1. The van der Waals surface area contributed by atoms with Gasteiger partial charge in [0.2, 0.25) is 5.91 Å². The van der Waals surface area contributed by atoms with Crippen LogP contribution in [-0.2, 0) is 31.0 Å². The number of hydrogen-bond donors (Lipinski definition) is 1. The molecular weight excluding hydrogens is 403 g/mol. The van der Waals surface area contributed by atoms with Gasteiger partial charge >= 0.3 is 7.60 Å². The molecule has 1 amide bonds.